The molecule has 0 fully saturated rings. The Morgan fingerprint density at radius 3 is 2.33 bits per heavy atom. The normalized spacial score (nSPS) is 16.3. The number of hydrogen-bond donors (Lipinski definition) is 1. The Morgan fingerprint density at radius 1 is 0.784 bits per heavy atom. The van der Waals surface area contributed by atoms with Crippen molar-refractivity contribution in [1.29, 1.82) is 0 Å². The smallest absolute Gasteiger partial charge is 0.161 e. The van der Waals surface area contributed by atoms with E-state index in [2.05, 4.69) is 60.6 Å². The number of benzene rings is 5. The highest BCUT2D eigenvalue weighted by Crippen LogP contribution is 2.36. The van der Waals surface area contributed by atoms with Crippen LogP contribution in [0.25, 0.3) is 10.8 Å². The molecule has 6 bridgehead atoms. The van der Waals surface area contributed by atoms with E-state index in [1.54, 1.807) is 13.2 Å². The maximum absolute atomic E-state index is 13.4. The highest BCUT2D eigenvalue weighted by atomic mass is 16.5. The standard InChI is InChI=1S/C46H48O5/c1-49-44-26-21-36-19-23-40(47)32-41(18-12-4-2-3-7-13-34-14-8-5-9-15-34)50-28-27-39(29-35-16-10-6-11-17-35)46-42-24-20-37(33-51-45(44)31-36)30-38(42)22-25-43(46)48/h5-6,8-11,14-17,20-22,24-26,30-31,39,41,48H,2-4,7,12-13,18-19,23,29,32-33H2,1H3. The lowest BCUT2D eigenvalue weighted by atomic mass is 9.88. The summed E-state index contributed by atoms with van der Waals surface area (Å²) >= 11 is 0. The van der Waals surface area contributed by atoms with E-state index in [-0.39, 0.29) is 23.6 Å². The van der Waals surface area contributed by atoms with Crippen LogP contribution >= 0.6 is 0 Å². The first-order valence-corrected chi connectivity index (χ1v) is 18.4. The van der Waals surface area contributed by atoms with E-state index in [0.717, 1.165) is 65.1 Å². The van der Waals surface area contributed by atoms with Crippen LogP contribution in [0.15, 0.2) is 109 Å². The van der Waals surface area contributed by atoms with Crippen molar-refractivity contribution in [2.45, 2.75) is 89.3 Å². The summed E-state index contributed by atoms with van der Waals surface area (Å²) in [6, 6.07) is 36.6. The van der Waals surface area contributed by atoms with Crippen molar-refractivity contribution in [2.75, 3.05) is 7.11 Å². The van der Waals surface area contributed by atoms with Gasteiger partial charge >= 0.3 is 0 Å². The van der Waals surface area contributed by atoms with Crippen molar-refractivity contribution in [2.24, 2.45) is 0 Å². The number of Topliss-reactive ketones (excluding diaryl/α,β-unsaturated/α-hetero) is 1. The maximum atomic E-state index is 13.4. The molecule has 5 aromatic carbocycles. The molecule has 0 saturated heterocycles. The molecule has 2 aliphatic heterocycles. The van der Waals surface area contributed by atoms with E-state index >= 15 is 0 Å². The largest absolute Gasteiger partial charge is 0.508 e. The van der Waals surface area contributed by atoms with Gasteiger partial charge in [-0.25, -0.2) is 0 Å². The van der Waals surface area contributed by atoms with Crippen LogP contribution in [0.5, 0.6) is 17.2 Å². The van der Waals surface area contributed by atoms with Crippen molar-refractivity contribution < 1.29 is 24.1 Å². The summed E-state index contributed by atoms with van der Waals surface area (Å²) in [5.74, 6) is 4.71. The quantitative estimate of drug-likeness (QED) is 0.111. The second-order valence-electron chi connectivity index (χ2n) is 13.6. The SMILES string of the molecule is COc1ccc2cc1OCc1ccc3c(c(O)ccc3c1)C(Cc1ccccc1)C#COC(CCCCCCCc1ccccc1)CC(=O)CC2. The fourth-order valence-electron chi connectivity index (χ4n) is 6.98. The van der Waals surface area contributed by atoms with E-state index in [1.807, 2.05) is 54.6 Å². The molecule has 0 aromatic heterocycles. The topological polar surface area (TPSA) is 65.0 Å². The molecule has 5 nitrogen and oxygen atoms in total. The first-order valence-electron chi connectivity index (χ1n) is 18.4. The number of ketones is 1. The fourth-order valence-corrected chi connectivity index (χ4v) is 6.98. The third-order valence-corrected chi connectivity index (χ3v) is 9.80. The van der Waals surface area contributed by atoms with Crippen LogP contribution in [0, 0.1) is 12.0 Å². The van der Waals surface area contributed by atoms with Gasteiger partial charge in [-0.3, -0.25) is 4.79 Å². The van der Waals surface area contributed by atoms with Crippen molar-refractivity contribution in [3.05, 3.63) is 137 Å². The Balaban J connectivity index is 1.25. The van der Waals surface area contributed by atoms with Gasteiger partial charge in [-0.2, -0.15) is 0 Å². The zero-order chi connectivity index (χ0) is 35.3. The number of fused-ring (bicyclic) bond motifs is 9. The van der Waals surface area contributed by atoms with Gasteiger partial charge in [0.05, 0.1) is 13.0 Å². The van der Waals surface area contributed by atoms with Gasteiger partial charge in [-0.15, -0.1) is 0 Å². The number of methoxy groups -OCH3 is 1. The Labute approximate surface area is 302 Å². The van der Waals surface area contributed by atoms with Crippen LogP contribution in [-0.2, 0) is 35.4 Å². The van der Waals surface area contributed by atoms with Crippen molar-refractivity contribution >= 4 is 16.6 Å². The van der Waals surface area contributed by atoms with E-state index in [1.165, 1.54) is 18.4 Å². The molecule has 0 aliphatic carbocycles. The molecule has 5 aromatic rings. The van der Waals surface area contributed by atoms with Gasteiger partial charge in [0.2, 0.25) is 0 Å². The van der Waals surface area contributed by atoms with Crippen molar-refractivity contribution in [3.8, 4) is 29.3 Å². The minimum absolute atomic E-state index is 0.154. The van der Waals surface area contributed by atoms with E-state index < -0.39 is 0 Å². The monoisotopic (exact) mass is 680 g/mol. The number of ether oxygens (including phenoxy) is 3. The van der Waals surface area contributed by atoms with E-state index in [9.17, 15) is 9.90 Å². The minimum Gasteiger partial charge on any atom is -0.508 e. The molecular formula is C46H48O5. The van der Waals surface area contributed by atoms with Crippen molar-refractivity contribution in [3.63, 3.8) is 0 Å². The van der Waals surface area contributed by atoms with Crippen LogP contribution in [0.1, 0.15) is 85.1 Å². The van der Waals surface area contributed by atoms with Crippen LogP contribution in [0.3, 0.4) is 0 Å². The van der Waals surface area contributed by atoms with E-state index in [4.69, 9.17) is 14.2 Å². The second-order valence-corrected chi connectivity index (χ2v) is 13.6. The third kappa shape index (κ3) is 10.2. The highest BCUT2D eigenvalue weighted by Gasteiger charge is 2.20. The number of hydrogen-bond acceptors (Lipinski definition) is 5. The molecule has 0 radical (unpaired) electrons. The number of carbonyl (C=O) groups is 1. The van der Waals surface area contributed by atoms with Crippen LogP contribution in [0.2, 0.25) is 0 Å². The summed E-state index contributed by atoms with van der Waals surface area (Å²) in [6.45, 7) is 0.348. The van der Waals surface area contributed by atoms with Gasteiger partial charge in [0.1, 0.15) is 30.4 Å². The van der Waals surface area contributed by atoms with Crippen molar-refractivity contribution in [1.82, 2.24) is 0 Å². The Morgan fingerprint density at radius 2 is 1.53 bits per heavy atom. The number of aryl methyl sites for hydroxylation is 2. The first-order chi connectivity index (χ1) is 25.1. The molecule has 7 rings (SSSR count). The van der Waals surface area contributed by atoms with Gasteiger partial charge in [0, 0.05) is 18.4 Å². The molecule has 0 amide bonds. The number of phenols is 1. The lowest BCUT2D eigenvalue weighted by molar-refractivity contribution is -0.121. The number of carbonyl (C=O) groups excluding carboxylic acids is 1. The predicted octanol–water partition coefficient (Wildman–Crippen LogP) is 10.3. The number of rotatable bonds is 11. The number of aromatic hydroxyl groups is 1. The number of unbranched alkanes of at least 4 members (excludes halogenated alkanes) is 4. The van der Waals surface area contributed by atoms with Crippen LogP contribution < -0.4 is 9.47 Å². The lowest BCUT2D eigenvalue weighted by Crippen LogP contribution is -2.17. The summed E-state index contributed by atoms with van der Waals surface area (Å²) in [7, 11) is 1.63. The molecule has 2 atom stereocenters. The average Bonchev–Trinajstić information content (AvgIpc) is 3.16. The summed E-state index contributed by atoms with van der Waals surface area (Å²) < 4.78 is 18.2. The molecule has 1 N–H and O–H groups in total. The van der Waals surface area contributed by atoms with Gasteiger partial charge in [-0.1, -0.05) is 110 Å². The third-order valence-electron chi connectivity index (χ3n) is 9.80. The highest BCUT2D eigenvalue weighted by molar-refractivity contribution is 5.89. The molecule has 0 saturated carbocycles. The van der Waals surface area contributed by atoms with Gasteiger partial charge in [0.25, 0.3) is 0 Å². The van der Waals surface area contributed by atoms with E-state index in [0.29, 0.717) is 43.8 Å². The molecule has 262 valence electrons. The zero-order valence-corrected chi connectivity index (χ0v) is 29.6. The molecule has 2 heterocycles. The molecule has 5 heteroatoms. The molecule has 2 unspecified atom stereocenters. The summed E-state index contributed by atoms with van der Waals surface area (Å²) in [5, 5.41) is 13.2. The fraction of sp³-hybridized carbons (Fsp3) is 0.326. The molecule has 0 spiro atoms. The maximum Gasteiger partial charge on any atom is 0.161 e. The lowest BCUT2D eigenvalue weighted by Gasteiger charge is -2.18. The Hall–Kier alpha value is -5.21. The molecular weight excluding hydrogens is 633 g/mol. The van der Waals surface area contributed by atoms with Crippen LogP contribution in [0.4, 0.5) is 0 Å². The van der Waals surface area contributed by atoms with Gasteiger partial charge < -0.3 is 19.3 Å². The molecule has 51 heavy (non-hydrogen) atoms. The summed E-state index contributed by atoms with van der Waals surface area (Å²) in [6.07, 6.45) is 12.1. The minimum atomic E-state index is -0.327. The first kappa shape index (κ1) is 35.6. The number of phenolic OH excluding ortho intramolecular Hbond substituents is 1. The van der Waals surface area contributed by atoms with Gasteiger partial charge in [-0.05, 0) is 95.8 Å². The second kappa shape index (κ2) is 18.2. The van der Waals surface area contributed by atoms with Gasteiger partial charge in [0.15, 0.2) is 11.5 Å². The predicted molar refractivity (Wildman–Crippen MR) is 204 cm³/mol. The van der Waals surface area contributed by atoms with Crippen LogP contribution in [-0.4, -0.2) is 24.1 Å². The summed E-state index contributed by atoms with van der Waals surface area (Å²) in [4.78, 5) is 13.4. The summed E-state index contributed by atoms with van der Waals surface area (Å²) in [5.41, 5.74) is 5.29. The zero-order valence-electron chi connectivity index (χ0n) is 29.6. The average molecular weight is 681 g/mol. The Bertz CT molecular complexity index is 1940. The molecule has 2 aliphatic rings. The Kier molecular flexibility index (Phi) is 12.7.